The van der Waals surface area contributed by atoms with Crippen LogP contribution in [0.3, 0.4) is 0 Å². The van der Waals surface area contributed by atoms with E-state index in [4.69, 9.17) is 13.9 Å². The molecule has 4 aromatic carbocycles. The summed E-state index contributed by atoms with van der Waals surface area (Å²) in [5.41, 5.74) is 6.07. The topological polar surface area (TPSA) is 69.0 Å². The lowest BCUT2D eigenvalue weighted by Crippen LogP contribution is -2.29. The number of aryl methyl sites for hydroxylation is 3. The molecular weight excluding hydrogens is 514 g/mol. The van der Waals surface area contributed by atoms with E-state index in [0.29, 0.717) is 46.9 Å². The van der Waals surface area contributed by atoms with Crippen LogP contribution in [0.25, 0.3) is 11.0 Å². The minimum absolute atomic E-state index is 0.0666. The molecule has 206 valence electrons. The van der Waals surface area contributed by atoms with Crippen molar-refractivity contribution in [3.8, 4) is 11.5 Å². The van der Waals surface area contributed by atoms with E-state index in [1.54, 1.807) is 11.0 Å². The summed E-state index contributed by atoms with van der Waals surface area (Å²) in [5, 5.41) is 0.455. The fraction of sp³-hybridized carbons (Fsp3) is 0.200. The number of benzene rings is 4. The van der Waals surface area contributed by atoms with Gasteiger partial charge in [0.1, 0.15) is 12.2 Å². The molecule has 0 saturated carbocycles. The molecule has 1 amide bonds. The van der Waals surface area contributed by atoms with Gasteiger partial charge in [0, 0.05) is 5.69 Å². The van der Waals surface area contributed by atoms with E-state index in [9.17, 15) is 9.59 Å². The molecule has 6 nitrogen and oxygen atoms in total. The molecule has 0 N–H and O–H groups in total. The second-order valence-corrected chi connectivity index (χ2v) is 10.4. The van der Waals surface area contributed by atoms with Gasteiger partial charge in [0.15, 0.2) is 16.9 Å². The van der Waals surface area contributed by atoms with Crippen LogP contribution in [-0.2, 0) is 6.61 Å². The molecule has 1 aliphatic heterocycles. The third-order valence-electron chi connectivity index (χ3n) is 7.61. The van der Waals surface area contributed by atoms with Gasteiger partial charge in [-0.3, -0.25) is 14.5 Å². The zero-order valence-corrected chi connectivity index (χ0v) is 23.6. The van der Waals surface area contributed by atoms with E-state index in [1.165, 1.54) is 0 Å². The van der Waals surface area contributed by atoms with Gasteiger partial charge in [-0.05, 0) is 86.3 Å². The van der Waals surface area contributed by atoms with Crippen molar-refractivity contribution >= 4 is 22.6 Å². The van der Waals surface area contributed by atoms with Crippen LogP contribution < -0.4 is 19.8 Å². The highest BCUT2D eigenvalue weighted by atomic mass is 16.5. The van der Waals surface area contributed by atoms with Crippen molar-refractivity contribution in [3.63, 3.8) is 0 Å². The average Bonchev–Trinajstić information content (AvgIpc) is 3.27. The zero-order valence-electron chi connectivity index (χ0n) is 23.6. The standard InChI is InChI=1S/C35H31NO5/c1-5-39-30-19-25(13-16-29(30)40-20-24-9-7-6-8-10-24)32-31-33(37)27-17-21(2)11-15-28(27)41-34(31)35(38)36(32)26-14-12-22(3)23(4)18-26/h6-19,32H,5,20H2,1-4H3. The molecule has 0 fully saturated rings. The number of anilines is 1. The average molecular weight is 546 g/mol. The molecule has 41 heavy (non-hydrogen) atoms. The Bertz CT molecular complexity index is 1840. The molecule has 1 aromatic heterocycles. The van der Waals surface area contributed by atoms with Crippen molar-refractivity contribution in [2.45, 2.75) is 40.3 Å². The van der Waals surface area contributed by atoms with Crippen LogP contribution in [0.1, 0.15) is 56.9 Å². The predicted molar refractivity (Wildman–Crippen MR) is 160 cm³/mol. The van der Waals surface area contributed by atoms with Gasteiger partial charge in [0.2, 0.25) is 5.76 Å². The first-order chi connectivity index (χ1) is 19.9. The number of carbonyl (C=O) groups excluding carboxylic acids is 1. The van der Waals surface area contributed by atoms with E-state index < -0.39 is 6.04 Å². The van der Waals surface area contributed by atoms with Gasteiger partial charge in [0.05, 0.1) is 23.6 Å². The first-order valence-electron chi connectivity index (χ1n) is 13.8. The summed E-state index contributed by atoms with van der Waals surface area (Å²) in [6.07, 6.45) is 0. The second-order valence-electron chi connectivity index (χ2n) is 10.4. The Hall–Kier alpha value is -4.84. The maximum atomic E-state index is 14.0. The third-order valence-corrected chi connectivity index (χ3v) is 7.61. The highest BCUT2D eigenvalue weighted by Crippen LogP contribution is 2.43. The van der Waals surface area contributed by atoms with Crippen LogP contribution in [0.4, 0.5) is 5.69 Å². The van der Waals surface area contributed by atoms with Crippen LogP contribution in [0.5, 0.6) is 11.5 Å². The molecule has 2 heterocycles. The van der Waals surface area contributed by atoms with Crippen molar-refractivity contribution in [1.29, 1.82) is 0 Å². The van der Waals surface area contributed by atoms with Gasteiger partial charge in [-0.1, -0.05) is 54.1 Å². The number of hydrogen-bond acceptors (Lipinski definition) is 5. The van der Waals surface area contributed by atoms with Gasteiger partial charge < -0.3 is 13.9 Å². The van der Waals surface area contributed by atoms with E-state index >= 15 is 0 Å². The number of nitrogens with zero attached hydrogens (tertiary/aromatic N) is 1. The lowest BCUT2D eigenvalue weighted by Gasteiger charge is -2.26. The number of rotatable bonds is 7. The van der Waals surface area contributed by atoms with Gasteiger partial charge in [-0.2, -0.15) is 0 Å². The monoisotopic (exact) mass is 545 g/mol. The van der Waals surface area contributed by atoms with E-state index in [-0.39, 0.29) is 17.1 Å². The molecular formula is C35H31NO5. The molecule has 6 heteroatoms. The van der Waals surface area contributed by atoms with Gasteiger partial charge >= 0.3 is 0 Å². The minimum Gasteiger partial charge on any atom is -0.490 e. The maximum Gasteiger partial charge on any atom is 0.295 e. The first-order valence-corrected chi connectivity index (χ1v) is 13.8. The summed E-state index contributed by atoms with van der Waals surface area (Å²) in [5.74, 6) is 0.845. The van der Waals surface area contributed by atoms with Crippen LogP contribution in [0.2, 0.25) is 0 Å². The number of hydrogen-bond donors (Lipinski definition) is 0. The number of amides is 1. The number of carbonyl (C=O) groups is 1. The Kier molecular flexibility index (Phi) is 6.83. The van der Waals surface area contributed by atoms with Crippen LogP contribution in [0, 0.1) is 20.8 Å². The Balaban J connectivity index is 1.51. The normalized spacial score (nSPS) is 14.4. The Labute approximate surface area is 238 Å². The minimum atomic E-state index is -0.705. The molecule has 0 bridgehead atoms. The predicted octanol–water partition coefficient (Wildman–Crippen LogP) is 7.45. The van der Waals surface area contributed by atoms with E-state index in [2.05, 4.69) is 0 Å². The highest BCUT2D eigenvalue weighted by molar-refractivity contribution is 6.10. The van der Waals surface area contributed by atoms with Crippen LogP contribution >= 0.6 is 0 Å². The summed E-state index contributed by atoms with van der Waals surface area (Å²) in [6, 6.07) is 26.1. The lowest BCUT2D eigenvalue weighted by molar-refractivity contribution is 0.0971. The van der Waals surface area contributed by atoms with Crippen molar-refractivity contribution in [3.05, 3.63) is 134 Å². The summed E-state index contributed by atoms with van der Waals surface area (Å²) in [7, 11) is 0. The van der Waals surface area contributed by atoms with Crippen LogP contribution in [-0.4, -0.2) is 12.5 Å². The van der Waals surface area contributed by atoms with Crippen molar-refractivity contribution < 1.29 is 18.7 Å². The lowest BCUT2D eigenvalue weighted by atomic mass is 9.97. The molecule has 0 saturated heterocycles. The largest absolute Gasteiger partial charge is 0.490 e. The maximum absolute atomic E-state index is 14.0. The van der Waals surface area contributed by atoms with E-state index in [1.807, 2.05) is 107 Å². The fourth-order valence-electron chi connectivity index (χ4n) is 5.36. The third kappa shape index (κ3) is 4.76. The molecule has 0 spiro atoms. The smallest absolute Gasteiger partial charge is 0.295 e. The van der Waals surface area contributed by atoms with Gasteiger partial charge in [0.25, 0.3) is 5.91 Å². The van der Waals surface area contributed by atoms with Crippen molar-refractivity contribution in [1.82, 2.24) is 0 Å². The van der Waals surface area contributed by atoms with Crippen molar-refractivity contribution in [2.75, 3.05) is 11.5 Å². The summed E-state index contributed by atoms with van der Waals surface area (Å²) in [6.45, 7) is 8.69. The molecule has 6 rings (SSSR count). The summed E-state index contributed by atoms with van der Waals surface area (Å²) >= 11 is 0. The molecule has 5 aromatic rings. The zero-order chi connectivity index (χ0) is 28.7. The molecule has 1 atom stereocenters. The Morgan fingerprint density at radius 2 is 1.61 bits per heavy atom. The van der Waals surface area contributed by atoms with Gasteiger partial charge in [-0.25, -0.2) is 0 Å². The molecule has 1 unspecified atom stereocenters. The molecule has 0 aliphatic carbocycles. The SMILES string of the molecule is CCOc1cc(C2c3c(oc4ccc(C)cc4c3=O)C(=O)N2c2ccc(C)c(C)c2)ccc1OCc1ccccc1. The van der Waals surface area contributed by atoms with E-state index in [0.717, 1.165) is 27.8 Å². The molecule has 0 radical (unpaired) electrons. The van der Waals surface area contributed by atoms with Crippen LogP contribution in [0.15, 0.2) is 94.1 Å². The second kappa shape index (κ2) is 10.6. The van der Waals surface area contributed by atoms with Gasteiger partial charge in [-0.15, -0.1) is 0 Å². The molecule has 1 aliphatic rings. The Morgan fingerprint density at radius 3 is 2.37 bits per heavy atom. The number of fused-ring (bicyclic) bond motifs is 2. The summed E-state index contributed by atoms with van der Waals surface area (Å²) < 4.78 is 18.3. The Morgan fingerprint density at radius 1 is 0.805 bits per heavy atom. The van der Waals surface area contributed by atoms with Crippen molar-refractivity contribution in [2.24, 2.45) is 0 Å². The highest BCUT2D eigenvalue weighted by Gasteiger charge is 2.44. The number of ether oxygens (including phenoxy) is 2. The summed E-state index contributed by atoms with van der Waals surface area (Å²) in [4.78, 5) is 29.7. The fourth-order valence-corrected chi connectivity index (χ4v) is 5.36. The quantitative estimate of drug-likeness (QED) is 0.213. The first kappa shape index (κ1) is 26.4.